The maximum Gasteiger partial charge on any atom is 0.410 e. The van der Waals surface area contributed by atoms with E-state index in [-0.39, 0.29) is 12.0 Å². The van der Waals surface area contributed by atoms with Gasteiger partial charge < -0.3 is 14.5 Å². The lowest BCUT2D eigenvalue weighted by molar-refractivity contribution is -0.148. The summed E-state index contributed by atoms with van der Waals surface area (Å²) < 4.78 is 33.4. The van der Waals surface area contributed by atoms with E-state index in [1.807, 2.05) is 45.0 Å². The first-order chi connectivity index (χ1) is 16.9. The number of ether oxygens (including phenoxy) is 1. The molecule has 2 aliphatic rings. The standard InChI is InChI=1S/C28H35F2N3O3/c1-19(21-16-22(29)18-23(30)17-21)31(5)25(34)28(11-10-20-8-6-7-9-24(20)28)33-14-12-32(13-15-33)26(35)36-27(2,3)4/h6-9,16-19H,10-15H2,1-5H3. The number of fused-ring (bicyclic) bond motifs is 1. The molecule has 2 atom stereocenters. The molecule has 2 unspecified atom stereocenters. The fourth-order valence-corrected chi connectivity index (χ4v) is 5.38. The topological polar surface area (TPSA) is 53.1 Å². The van der Waals surface area contributed by atoms with Crippen molar-refractivity contribution in [1.29, 1.82) is 0 Å². The van der Waals surface area contributed by atoms with Crippen LogP contribution >= 0.6 is 0 Å². The predicted octanol–water partition coefficient (Wildman–Crippen LogP) is 4.88. The molecule has 2 amide bonds. The first-order valence-corrected chi connectivity index (χ1v) is 12.5. The molecule has 1 aliphatic heterocycles. The molecule has 1 saturated heterocycles. The summed E-state index contributed by atoms with van der Waals surface area (Å²) in [7, 11) is 1.69. The van der Waals surface area contributed by atoms with Gasteiger partial charge in [-0.05, 0) is 69.4 Å². The lowest BCUT2D eigenvalue weighted by atomic mass is 9.86. The summed E-state index contributed by atoms with van der Waals surface area (Å²) in [5.41, 5.74) is 0.999. The van der Waals surface area contributed by atoms with Gasteiger partial charge >= 0.3 is 6.09 Å². The number of carbonyl (C=O) groups is 2. The van der Waals surface area contributed by atoms with Gasteiger partial charge in [-0.3, -0.25) is 9.69 Å². The van der Waals surface area contributed by atoms with Crippen molar-refractivity contribution >= 4 is 12.0 Å². The quantitative estimate of drug-likeness (QED) is 0.602. The number of piperazine rings is 1. The van der Waals surface area contributed by atoms with Crippen LogP contribution < -0.4 is 0 Å². The van der Waals surface area contributed by atoms with Crippen LogP contribution in [0, 0.1) is 11.6 Å². The average Bonchev–Trinajstić information content (AvgIpc) is 3.21. The molecule has 8 heteroatoms. The fraction of sp³-hybridized carbons (Fsp3) is 0.500. The molecule has 2 aromatic carbocycles. The molecule has 0 spiro atoms. The minimum atomic E-state index is -0.911. The highest BCUT2D eigenvalue weighted by Gasteiger charge is 2.52. The number of hydrogen-bond acceptors (Lipinski definition) is 4. The number of rotatable bonds is 4. The highest BCUT2D eigenvalue weighted by molar-refractivity contribution is 5.89. The summed E-state index contributed by atoms with van der Waals surface area (Å²) >= 11 is 0. The van der Waals surface area contributed by atoms with Crippen molar-refractivity contribution in [2.24, 2.45) is 0 Å². The van der Waals surface area contributed by atoms with Crippen LogP contribution in [0.5, 0.6) is 0 Å². The molecule has 6 nitrogen and oxygen atoms in total. The number of likely N-dealkylation sites (N-methyl/N-ethyl adjacent to an activating group) is 1. The van der Waals surface area contributed by atoms with Crippen LogP contribution in [0.1, 0.15) is 56.8 Å². The molecular weight excluding hydrogens is 464 g/mol. The SMILES string of the molecule is CC(c1cc(F)cc(F)c1)N(C)C(=O)C1(N2CCN(C(=O)OC(C)(C)C)CC2)CCc2ccccc21. The molecule has 2 aromatic rings. The Bertz CT molecular complexity index is 1120. The molecule has 1 heterocycles. The van der Waals surface area contributed by atoms with Crippen molar-refractivity contribution in [2.75, 3.05) is 33.2 Å². The molecule has 194 valence electrons. The Morgan fingerprint density at radius 2 is 1.64 bits per heavy atom. The second-order valence-corrected chi connectivity index (χ2v) is 10.8. The summed E-state index contributed by atoms with van der Waals surface area (Å²) in [4.78, 5) is 32.4. The predicted molar refractivity (Wildman–Crippen MR) is 133 cm³/mol. The molecule has 0 bridgehead atoms. The molecule has 0 saturated carbocycles. The Kier molecular flexibility index (Phi) is 7.10. The van der Waals surface area contributed by atoms with Crippen molar-refractivity contribution in [3.63, 3.8) is 0 Å². The maximum atomic E-state index is 14.3. The van der Waals surface area contributed by atoms with Crippen LogP contribution in [-0.4, -0.2) is 65.5 Å². The zero-order valence-corrected chi connectivity index (χ0v) is 21.7. The molecule has 4 rings (SSSR count). The van der Waals surface area contributed by atoms with Gasteiger partial charge in [0.05, 0.1) is 6.04 Å². The van der Waals surface area contributed by atoms with Crippen LogP contribution in [0.4, 0.5) is 13.6 Å². The third-order valence-corrected chi connectivity index (χ3v) is 7.31. The number of benzene rings is 2. The lowest BCUT2D eigenvalue weighted by Gasteiger charge is -2.47. The lowest BCUT2D eigenvalue weighted by Crippen LogP contribution is -2.61. The van der Waals surface area contributed by atoms with Crippen LogP contribution in [0.3, 0.4) is 0 Å². The van der Waals surface area contributed by atoms with E-state index in [9.17, 15) is 18.4 Å². The van der Waals surface area contributed by atoms with Crippen LogP contribution in [0.15, 0.2) is 42.5 Å². The van der Waals surface area contributed by atoms with Crippen LogP contribution in [0.2, 0.25) is 0 Å². The second-order valence-electron chi connectivity index (χ2n) is 10.8. The van der Waals surface area contributed by atoms with Gasteiger partial charge in [0, 0.05) is 39.3 Å². The Morgan fingerprint density at radius 1 is 1.03 bits per heavy atom. The largest absolute Gasteiger partial charge is 0.444 e. The number of nitrogens with zero attached hydrogens (tertiary/aromatic N) is 3. The van der Waals surface area contributed by atoms with E-state index < -0.39 is 28.8 Å². The zero-order valence-electron chi connectivity index (χ0n) is 21.7. The minimum absolute atomic E-state index is 0.115. The first kappa shape index (κ1) is 26.1. The van der Waals surface area contributed by atoms with E-state index in [1.165, 1.54) is 12.1 Å². The molecule has 0 aromatic heterocycles. The van der Waals surface area contributed by atoms with Gasteiger partial charge in [0.1, 0.15) is 22.8 Å². The number of carbonyl (C=O) groups excluding carboxylic acids is 2. The summed E-state index contributed by atoms with van der Waals surface area (Å²) in [6.45, 7) is 9.21. The third kappa shape index (κ3) is 4.96. The molecule has 0 radical (unpaired) electrons. The average molecular weight is 500 g/mol. The summed E-state index contributed by atoms with van der Waals surface area (Å²) in [5.74, 6) is -1.45. The van der Waals surface area contributed by atoms with E-state index in [0.717, 1.165) is 23.6 Å². The van der Waals surface area contributed by atoms with Crippen LogP contribution in [0.25, 0.3) is 0 Å². The van der Waals surface area contributed by atoms with Gasteiger partial charge in [-0.1, -0.05) is 24.3 Å². The van der Waals surface area contributed by atoms with Crippen molar-refractivity contribution < 1.29 is 23.1 Å². The van der Waals surface area contributed by atoms with Gasteiger partial charge in [0.2, 0.25) is 5.91 Å². The van der Waals surface area contributed by atoms with E-state index in [0.29, 0.717) is 38.2 Å². The monoisotopic (exact) mass is 499 g/mol. The third-order valence-electron chi connectivity index (χ3n) is 7.31. The Hall–Kier alpha value is -3.00. The Labute approximate surface area is 211 Å². The van der Waals surface area contributed by atoms with E-state index in [1.54, 1.807) is 23.8 Å². The highest BCUT2D eigenvalue weighted by atomic mass is 19.1. The minimum Gasteiger partial charge on any atom is -0.444 e. The maximum absolute atomic E-state index is 14.3. The van der Waals surface area contributed by atoms with E-state index in [2.05, 4.69) is 4.90 Å². The Balaban J connectivity index is 1.62. The number of aryl methyl sites for hydroxylation is 1. The molecule has 0 N–H and O–H groups in total. The van der Waals surface area contributed by atoms with Gasteiger partial charge in [0.15, 0.2) is 0 Å². The van der Waals surface area contributed by atoms with Crippen molar-refractivity contribution in [3.8, 4) is 0 Å². The van der Waals surface area contributed by atoms with E-state index >= 15 is 0 Å². The normalized spacial score (nSPS) is 21.1. The number of amides is 2. The van der Waals surface area contributed by atoms with Gasteiger partial charge in [-0.2, -0.15) is 0 Å². The molecule has 1 aliphatic carbocycles. The summed E-state index contributed by atoms with van der Waals surface area (Å²) in [6.07, 6.45) is 1.00. The van der Waals surface area contributed by atoms with Crippen molar-refractivity contribution in [1.82, 2.24) is 14.7 Å². The second kappa shape index (κ2) is 9.81. The van der Waals surface area contributed by atoms with Gasteiger partial charge in [0.25, 0.3) is 0 Å². The van der Waals surface area contributed by atoms with Crippen LogP contribution in [-0.2, 0) is 21.5 Å². The summed E-state index contributed by atoms with van der Waals surface area (Å²) in [5, 5.41) is 0. The summed E-state index contributed by atoms with van der Waals surface area (Å²) in [6, 6.07) is 10.8. The van der Waals surface area contributed by atoms with Gasteiger partial charge in [-0.25, -0.2) is 13.6 Å². The van der Waals surface area contributed by atoms with E-state index in [4.69, 9.17) is 4.74 Å². The fourth-order valence-electron chi connectivity index (χ4n) is 5.38. The van der Waals surface area contributed by atoms with Crippen molar-refractivity contribution in [2.45, 2.75) is 57.7 Å². The smallest absolute Gasteiger partial charge is 0.410 e. The number of halogens is 2. The van der Waals surface area contributed by atoms with Gasteiger partial charge in [-0.15, -0.1) is 0 Å². The highest BCUT2D eigenvalue weighted by Crippen LogP contribution is 2.44. The molecule has 36 heavy (non-hydrogen) atoms. The zero-order chi connectivity index (χ0) is 26.3. The first-order valence-electron chi connectivity index (χ1n) is 12.5. The molecular formula is C28H35F2N3O3. The Morgan fingerprint density at radius 3 is 2.25 bits per heavy atom. The molecule has 1 fully saturated rings. The number of hydrogen-bond donors (Lipinski definition) is 0. The van der Waals surface area contributed by atoms with Crippen molar-refractivity contribution in [3.05, 3.63) is 70.8 Å².